The predicted molar refractivity (Wildman–Crippen MR) is 60.2 cm³/mol. The normalized spacial score (nSPS) is 13.9. The molecule has 15 heavy (non-hydrogen) atoms. The fourth-order valence-electron chi connectivity index (χ4n) is 0.921. The van der Waals surface area contributed by atoms with Gasteiger partial charge in [-0.1, -0.05) is 13.8 Å². The van der Waals surface area contributed by atoms with E-state index in [1.54, 1.807) is 6.92 Å². The molecule has 0 spiro atoms. The van der Waals surface area contributed by atoms with Crippen molar-refractivity contribution in [2.75, 3.05) is 13.2 Å². The van der Waals surface area contributed by atoms with Gasteiger partial charge in [-0.2, -0.15) is 0 Å². The molecule has 0 fully saturated rings. The van der Waals surface area contributed by atoms with Crippen molar-refractivity contribution in [2.45, 2.75) is 46.2 Å². The fourth-order valence-corrected chi connectivity index (χ4v) is 2.76. The lowest BCUT2D eigenvalue weighted by Crippen LogP contribution is -2.18. The Bertz CT molecular complexity index is 228. The van der Waals surface area contributed by atoms with E-state index in [1.807, 2.05) is 13.8 Å². The predicted octanol–water partition coefficient (Wildman–Crippen LogP) is 3.01. The summed E-state index contributed by atoms with van der Waals surface area (Å²) >= 11 is 0. The summed E-state index contributed by atoms with van der Waals surface area (Å²) in [7, 11) is -3.25. The van der Waals surface area contributed by atoms with Crippen LogP contribution in [-0.2, 0) is 18.4 Å². The maximum atomic E-state index is 12.2. The van der Waals surface area contributed by atoms with Crippen molar-refractivity contribution >= 4 is 13.4 Å². The standard InChI is InChI=1S/C10H21O4P/c1-5-7-13-15(12,14-8-6-2)10(4)9(3)11/h10H,5-8H2,1-4H3. The number of rotatable bonds is 8. The summed E-state index contributed by atoms with van der Waals surface area (Å²) in [5.74, 6) is -0.162. The van der Waals surface area contributed by atoms with Gasteiger partial charge in [0.2, 0.25) is 0 Å². The van der Waals surface area contributed by atoms with Crippen LogP contribution in [0.3, 0.4) is 0 Å². The molecule has 1 unspecified atom stereocenters. The summed E-state index contributed by atoms with van der Waals surface area (Å²) in [6.07, 6.45) is 1.51. The number of carbonyl (C=O) groups excluding carboxylic acids is 1. The number of hydrogen-bond donors (Lipinski definition) is 0. The molecule has 0 radical (unpaired) electrons. The molecular weight excluding hydrogens is 215 g/mol. The van der Waals surface area contributed by atoms with E-state index in [4.69, 9.17) is 9.05 Å². The molecule has 0 aromatic carbocycles. The SMILES string of the molecule is CCCOP(=O)(OCCC)C(C)C(C)=O. The first-order chi connectivity index (χ1) is 6.98. The highest BCUT2D eigenvalue weighted by molar-refractivity contribution is 7.55. The highest BCUT2D eigenvalue weighted by atomic mass is 31.2. The molecule has 0 bridgehead atoms. The van der Waals surface area contributed by atoms with Crippen molar-refractivity contribution in [3.8, 4) is 0 Å². The summed E-state index contributed by atoms with van der Waals surface area (Å²) in [4.78, 5) is 11.2. The summed E-state index contributed by atoms with van der Waals surface area (Å²) in [5.41, 5.74) is -0.671. The van der Waals surface area contributed by atoms with Crippen LogP contribution in [0.5, 0.6) is 0 Å². The largest absolute Gasteiger partial charge is 0.340 e. The maximum Gasteiger partial charge on any atom is 0.340 e. The highest BCUT2D eigenvalue weighted by Gasteiger charge is 2.35. The average Bonchev–Trinajstić information content (AvgIpc) is 2.22. The molecule has 0 heterocycles. The van der Waals surface area contributed by atoms with E-state index in [2.05, 4.69) is 0 Å². The Hall–Kier alpha value is -0.180. The lowest BCUT2D eigenvalue weighted by atomic mass is 10.3. The second kappa shape index (κ2) is 7.15. The van der Waals surface area contributed by atoms with Gasteiger partial charge >= 0.3 is 7.60 Å². The Morgan fingerprint density at radius 3 is 1.87 bits per heavy atom. The van der Waals surface area contributed by atoms with Gasteiger partial charge in [0.15, 0.2) is 0 Å². The second-order valence-electron chi connectivity index (χ2n) is 3.49. The Balaban J connectivity index is 4.53. The molecule has 0 rings (SSSR count). The summed E-state index contributed by atoms with van der Waals surface area (Å²) in [6.45, 7) is 7.55. The van der Waals surface area contributed by atoms with Gasteiger partial charge in [0, 0.05) is 0 Å². The zero-order valence-corrected chi connectivity index (χ0v) is 10.9. The van der Waals surface area contributed by atoms with Crippen LogP contribution in [0.2, 0.25) is 0 Å². The van der Waals surface area contributed by atoms with Gasteiger partial charge in [0.05, 0.1) is 13.2 Å². The van der Waals surface area contributed by atoms with E-state index >= 15 is 0 Å². The molecule has 0 aromatic rings. The quantitative estimate of drug-likeness (QED) is 0.608. The smallest absolute Gasteiger partial charge is 0.308 e. The van der Waals surface area contributed by atoms with E-state index in [9.17, 15) is 9.36 Å². The topological polar surface area (TPSA) is 52.6 Å². The van der Waals surface area contributed by atoms with Crippen molar-refractivity contribution in [3.63, 3.8) is 0 Å². The molecule has 0 amide bonds. The summed E-state index contributed by atoms with van der Waals surface area (Å²) in [6, 6.07) is 0. The van der Waals surface area contributed by atoms with Crippen LogP contribution < -0.4 is 0 Å². The minimum absolute atomic E-state index is 0.162. The van der Waals surface area contributed by atoms with Crippen LogP contribution in [0, 0.1) is 0 Å². The Morgan fingerprint density at radius 2 is 1.60 bits per heavy atom. The second-order valence-corrected chi connectivity index (χ2v) is 5.86. The minimum Gasteiger partial charge on any atom is -0.308 e. The molecule has 1 atom stereocenters. The summed E-state index contributed by atoms with van der Waals surface area (Å²) < 4.78 is 22.6. The van der Waals surface area contributed by atoms with Crippen molar-refractivity contribution in [1.82, 2.24) is 0 Å². The van der Waals surface area contributed by atoms with Gasteiger partial charge in [0.1, 0.15) is 11.4 Å². The van der Waals surface area contributed by atoms with Crippen LogP contribution >= 0.6 is 7.60 Å². The van der Waals surface area contributed by atoms with Crippen LogP contribution in [0.15, 0.2) is 0 Å². The zero-order chi connectivity index (χ0) is 11.9. The van der Waals surface area contributed by atoms with E-state index in [0.717, 1.165) is 12.8 Å². The van der Waals surface area contributed by atoms with Crippen LogP contribution in [0.1, 0.15) is 40.5 Å². The molecule has 5 heteroatoms. The molecular formula is C10H21O4P. The van der Waals surface area contributed by atoms with Crippen LogP contribution in [0.25, 0.3) is 0 Å². The number of ketones is 1. The molecule has 90 valence electrons. The van der Waals surface area contributed by atoms with Crippen molar-refractivity contribution in [3.05, 3.63) is 0 Å². The van der Waals surface area contributed by atoms with Crippen LogP contribution in [0.4, 0.5) is 0 Å². The number of hydrogen-bond acceptors (Lipinski definition) is 4. The molecule has 0 aliphatic rings. The third kappa shape index (κ3) is 4.92. The Labute approximate surface area is 91.9 Å². The van der Waals surface area contributed by atoms with Crippen molar-refractivity contribution < 1.29 is 18.4 Å². The van der Waals surface area contributed by atoms with E-state index < -0.39 is 13.3 Å². The Morgan fingerprint density at radius 1 is 1.20 bits per heavy atom. The summed E-state index contributed by atoms with van der Waals surface area (Å²) in [5, 5.41) is 0. The van der Waals surface area contributed by atoms with Crippen LogP contribution in [-0.4, -0.2) is 24.7 Å². The molecule has 0 saturated heterocycles. The Kier molecular flexibility index (Phi) is 7.07. The van der Waals surface area contributed by atoms with Gasteiger partial charge in [-0.05, 0) is 26.7 Å². The van der Waals surface area contributed by atoms with Gasteiger partial charge in [-0.25, -0.2) is 0 Å². The van der Waals surface area contributed by atoms with E-state index in [0.29, 0.717) is 13.2 Å². The molecule has 0 aliphatic carbocycles. The van der Waals surface area contributed by atoms with Gasteiger partial charge in [-0.15, -0.1) is 0 Å². The highest BCUT2D eigenvalue weighted by Crippen LogP contribution is 2.53. The molecule has 0 aromatic heterocycles. The van der Waals surface area contributed by atoms with Gasteiger partial charge in [-0.3, -0.25) is 9.36 Å². The first-order valence-corrected chi connectivity index (χ1v) is 6.98. The first-order valence-electron chi connectivity index (χ1n) is 5.37. The maximum absolute atomic E-state index is 12.2. The van der Waals surface area contributed by atoms with Crippen molar-refractivity contribution in [1.29, 1.82) is 0 Å². The van der Waals surface area contributed by atoms with E-state index in [1.165, 1.54) is 6.92 Å². The fraction of sp³-hybridized carbons (Fsp3) is 0.900. The lowest BCUT2D eigenvalue weighted by Gasteiger charge is -2.22. The van der Waals surface area contributed by atoms with Crippen molar-refractivity contribution in [2.24, 2.45) is 0 Å². The molecule has 0 aliphatic heterocycles. The lowest BCUT2D eigenvalue weighted by molar-refractivity contribution is -0.116. The monoisotopic (exact) mass is 236 g/mol. The van der Waals surface area contributed by atoms with Gasteiger partial charge < -0.3 is 9.05 Å². The zero-order valence-electron chi connectivity index (χ0n) is 9.99. The van der Waals surface area contributed by atoms with E-state index in [-0.39, 0.29) is 5.78 Å². The third-order valence-corrected chi connectivity index (χ3v) is 4.41. The molecule has 0 N–H and O–H groups in total. The minimum atomic E-state index is -3.25. The first kappa shape index (κ1) is 14.8. The third-order valence-electron chi connectivity index (χ3n) is 2.01. The molecule has 0 saturated carbocycles. The average molecular weight is 236 g/mol. The number of Topliss-reactive ketones (excluding diaryl/α,β-unsaturated/α-hetero) is 1. The number of carbonyl (C=O) groups is 1. The van der Waals surface area contributed by atoms with Gasteiger partial charge in [0.25, 0.3) is 0 Å². The molecule has 4 nitrogen and oxygen atoms in total.